The monoisotopic (exact) mass is 245 g/mol. The van der Waals surface area contributed by atoms with Crippen LogP contribution >= 0.6 is 0 Å². The van der Waals surface area contributed by atoms with Gasteiger partial charge < -0.3 is 20.5 Å². The Labute approximate surface area is 105 Å². The summed E-state index contributed by atoms with van der Waals surface area (Å²) in [6.45, 7) is 2.45. The predicted molar refractivity (Wildman–Crippen MR) is 70.3 cm³/mol. The molecule has 2 heterocycles. The lowest BCUT2D eigenvalue weighted by Crippen LogP contribution is -2.16. The van der Waals surface area contributed by atoms with E-state index in [-0.39, 0.29) is 0 Å². The van der Waals surface area contributed by atoms with Crippen LogP contribution in [-0.2, 0) is 0 Å². The number of hydrogen-bond donors (Lipinski definition) is 2. The maximum absolute atomic E-state index is 5.59. The second kappa shape index (κ2) is 4.70. The first kappa shape index (κ1) is 11.1. The fraction of sp³-hybridized carbons (Fsp3) is 0.308. The third-order valence-electron chi connectivity index (χ3n) is 2.86. The molecule has 1 aliphatic rings. The Morgan fingerprint density at radius 1 is 1.22 bits per heavy atom. The molecular weight excluding hydrogens is 230 g/mol. The van der Waals surface area contributed by atoms with Crippen LogP contribution in [0.15, 0.2) is 24.4 Å². The van der Waals surface area contributed by atoms with Crippen molar-refractivity contribution in [3.63, 3.8) is 0 Å². The third kappa shape index (κ3) is 1.93. The number of nitrogens with one attached hydrogen (secondary N) is 1. The molecule has 94 valence electrons. The van der Waals surface area contributed by atoms with E-state index >= 15 is 0 Å². The molecule has 0 radical (unpaired) electrons. The molecule has 0 spiro atoms. The Hall–Kier alpha value is -2.01. The van der Waals surface area contributed by atoms with Crippen LogP contribution in [0, 0.1) is 0 Å². The average molecular weight is 245 g/mol. The summed E-state index contributed by atoms with van der Waals surface area (Å²) < 4.78 is 11.2. The molecule has 1 aromatic heterocycles. The van der Waals surface area contributed by atoms with Gasteiger partial charge in [-0.2, -0.15) is 0 Å². The Morgan fingerprint density at radius 3 is 2.78 bits per heavy atom. The standard InChI is InChI=1S/C13H15N3O2/c14-2-4-16-13-10-8-12-11(17-5-6-18-12)7-9(10)1-3-15-13/h1,3,7-8H,2,4-6,14H2,(H,15,16). The summed E-state index contributed by atoms with van der Waals surface area (Å²) in [5.74, 6) is 2.40. The van der Waals surface area contributed by atoms with Crippen molar-refractivity contribution < 1.29 is 9.47 Å². The fourth-order valence-electron chi connectivity index (χ4n) is 2.04. The Kier molecular flexibility index (Phi) is 2.90. The van der Waals surface area contributed by atoms with Gasteiger partial charge in [0.2, 0.25) is 0 Å². The highest BCUT2D eigenvalue weighted by atomic mass is 16.6. The van der Waals surface area contributed by atoms with Gasteiger partial charge in [-0.3, -0.25) is 0 Å². The van der Waals surface area contributed by atoms with Gasteiger partial charge >= 0.3 is 0 Å². The molecule has 1 aromatic carbocycles. The van der Waals surface area contributed by atoms with E-state index in [1.165, 1.54) is 0 Å². The molecule has 3 rings (SSSR count). The fourth-order valence-corrected chi connectivity index (χ4v) is 2.04. The average Bonchev–Trinajstić information content (AvgIpc) is 2.43. The number of anilines is 1. The van der Waals surface area contributed by atoms with Gasteiger partial charge in [-0.05, 0) is 23.6 Å². The van der Waals surface area contributed by atoms with Crippen LogP contribution in [0.2, 0.25) is 0 Å². The molecule has 0 fully saturated rings. The molecule has 0 bridgehead atoms. The van der Waals surface area contributed by atoms with E-state index < -0.39 is 0 Å². The highest BCUT2D eigenvalue weighted by molar-refractivity contribution is 5.94. The van der Waals surface area contributed by atoms with Crippen LogP contribution in [-0.4, -0.2) is 31.3 Å². The summed E-state index contributed by atoms with van der Waals surface area (Å²) in [4.78, 5) is 4.33. The molecule has 1 aliphatic heterocycles. The number of aromatic nitrogens is 1. The molecule has 0 saturated carbocycles. The van der Waals surface area contributed by atoms with Crippen molar-refractivity contribution in [2.45, 2.75) is 0 Å². The number of rotatable bonds is 3. The highest BCUT2D eigenvalue weighted by Crippen LogP contribution is 2.36. The maximum Gasteiger partial charge on any atom is 0.162 e. The number of ether oxygens (including phenoxy) is 2. The highest BCUT2D eigenvalue weighted by Gasteiger charge is 2.14. The predicted octanol–water partition coefficient (Wildman–Crippen LogP) is 1.38. The normalized spacial score (nSPS) is 13.6. The molecule has 0 atom stereocenters. The van der Waals surface area contributed by atoms with Crippen molar-refractivity contribution in [2.75, 3.05) is 31.6 Å². The summed E-state index contributed by atoms with van der Waals surface area (Å²) in [6.07, 6.45) is 1.78. The van der Waals surface area contributed by atoms with Crippen molar-refractivity contribution in [1.29, 1.82) is 0 Å². The van der Waals surface area contributed by atoms with Crippen LogP contribution in [0.3, 0.4) is 0 Å². The summed E-state index contributed by atoms with van der Waals surface area (Å²) in [7, 11) is 0. The van der Waals surface area contributed by atoms with Crippen molar-refractivity contribution in [3.05, 3.63) is 24.4 Å². The van der Waals surface area contributed by atoms with Gasteiger partial charge in [0.25, 0.3) is 0 Å². The molecule has 5 nitrogen and oxygen atoms in total. The minimum Gasteiger partial charge on any atom is -0.486 e. The zero-order valence-corrected chi connectivity index (χ0v) is 9.98. The van der Waals surface area contributed by atoms with Gasteiger partial charge in [0, 0.05) is 24.7 Å². The number of hydrogen-bond acceptors (Lipinski definition) is 5. The first-order chi connectivity index (χ1) is 8.88. The van der Waals surface area contributed by atoms with E-state index in [0.717, 1.165) is 28.1 Å². The number of pyridine rings is 1. The molecule has 3 N–H and O–H groups in total. The lowest BCUT2D eigenvalue weighted by Gasteiger charge is -2.19. The topological polar surface area (TPSA) is 69.4 Å². The van der Waals surface area contributed by atoms with E-state index in [1.54, 1.807) is 6.20 Å². The van der Waals surface area contributed by atoms with E-state index in [1.807, 2.05) is 18.2 Å². The smallest absolute Gasteiger partial charge is 0.162 e. The molecule has 5 heteroatoms. The minimum atomic E-state index is 0.572. The Morgan fingerprint density at radius 2 is 2.00 bits per heavy atom. The number of benzene rings is 1. The molecule has 2 aromatic rings. The molecule has 0 unspecified atom stereocenters. The van der Waals surface area contributed by atoms with Crippen LogP contribution in [0.4, 0.5) is 5.82 Å². The van der Waals surface area contributed by atoms with Gasteiger partial charge in [0.15, 0.2) is 11.5 Å². The van der Waals surface area contributed by atoms with Crippen molar-refractivity contribution in [2.24, 2.45) is 5.73 Å². The van der Waals surface area contributed by atoms with E-state index in [9.17, 15) is 0 Å². The second-order valence-corrected chi connectivity index (χ2v) is 4.09. The van der Waals surface area contributed by atoms with Crippen molar-refractivity contribution in [1.82, 2.24) is 4.98 Å². The van der Waals surface area contributed by atoms with Crippen LogP contribution in [0.1, 0.15) is 0 Å². The number of nitrogens with zero attached hydrogens (tertiary/aromatic N) is 1. The second-order valence-electron chi connectivity index (χ2n) is 4.09. The summed E-state index contributed by atoms with van der Waals surface area (Å²) in [6, 6.07) is 5.91. The van der Waals surface area contributed by atoms with Crippen LogP contribution < -0.4 is 20.5 Å². The largest absolute Gasteiger partial charge is 0.486 e. The number of nitrogens with two attached hydrogens (primary N) is 1. The van der Waals surface area contributed by atoms with Crippen LogP contribution in [0.25, 0.3) is 10.8 Å². The lowest BCUT2D eigenvalue weighted by atomic mass is 10.1. The molecule has 0 saturated heterocycles. The zero-order chi connectivity index (χ0) is 12.4. The van der Waals surface area contributed by atoms with Gasteiger partial charge in [-0.1, -0.05) is 0 Å². The zero-order valence-electron chi connectivity index (χ0n) is 9.98. The van der Waals surface area contributed by atoms with Gasteiger partial charge in [0.1, 0.15) is 19.0 Å². The van der Waals surface area contributed by atoms with E-state index in [2.05, 4.69) is 10.3 Å². The molecule has 18 heavy (non-hydrogen) atoms. The lowest BCUT2D eigenvalue weighted by molar-refractivity contribution is 0.172. The molecule has 0 amide bonds. The van der Waals surface area contributed by atoms with E-state index in [4.69, 9.17) is 15.2 Å². The van der Waals surface area contributed by atoms with Gasteiger partial charge in [-0.15, -0.1) is 0 Å². The van der Waals surface area contributed by atoms with Crippen LogP contribution in [0.5, 0.6) is 11.5 Å². The Bertz CT molecular complexity index is 571. The number of fused-ring (bicyclic) bond motifs is 2. The first-order valence-corrected chi connectivity index (χ1v) is 6.01. The molecular formula is C13H15N3O2. The van der Waals surface area contributed by atoms with Gasteiger partial charge in [0.05, 0.1) is 0 Å². The van der Waals surface area contributed by atoms with Crippen molar-refractivity contribution in [3.8, 4) is 11.5 Å². The Balaban J connectivity index is 2.09. The summed E-state index contributed by atoms with van der Waals surface area (Å²) in [5.41, 5.74) is 5.50. The maximum atomic E-state index is 5.59. The summed E-state index contributed by atoms with van der Waals surface area (Å²) in [5, 5.41) is 5.31. The minimum absolute atomic E-state index is 0.572. The van der Waals surface area contributed by atoms with E-state index in [0.29, 0.717) is 26.3 Å². The molecule has 0 aliphatic carbocycles. The third-order valence-corrected chi connectivity index (χ3v) is 2.86. The quantitative estimate of drug-likeness (QED) is 0.855. The van der Waals surface area contributed by atoms with Gasteiger partial charge in [-0.25, -0.2) is 4.98 Å². The van der Waals surface area contributed by atoms with Crippen molar-refractivity contribution >= 4 is 16.6 Å². The first-order valence-electron chi connectivity index (χ1n) is 6.01. The summed E-state index contributed by atoms with van der Waals surface area (Å²) >= 11 is 0. The SMILES string of the molecule is NCCNc1nccc2cc3c(cc12)OCCO3.